The molecule has 4 rings (SSSR count). The molecule has 0 aliphatic carbocycles. The Morgan fingerprint density at radius 3 is 2.00 bits per heavy atom. The fourth-order valence-corrected chi connectivity index (χ4v) is 5.06. The van der Waals surface area contributed by atoms with Crippen LogP contribution in [0.3, 0.4) is 0 Å². The summed E-state index contributed by atoms with van der Waals surface area (Å²) >= 11 is 0. The summed E-state index contributed by atoms with van der Waals surface area (Å²) in [6, 6.07) is 13.0. The van der Waals surface area contributed by atoms with E-state index in [2.05, 4.69) is 0 Å². The van der Waals surface area contributed by atoms with Crippen molar-refractivity contribution in [3.05, 3.63) is 99.9 Å². The molecule has 180 valence electrons. The summed E-state index contributed by atoms with van der Waals surface area (Å²) in [5, 5.41) is 16.5. The number of nitrogens with two attached hydrogens (primary N) is 1. The molecule has 1 fully saturated rings. The molecule has 3 aromatic carbocycles. The Morgan fingerprint density at radius 1 is 0.943 bits per heavy atom. The molecule has 7 nitrogen and oxygen atoms in total. The minimum Gasteiger partial charge on any atom is -0.507 e. The molecule has 1 atom stereocenters. The highest BCUT2D eigenvalue weighted by Crippen LogP contribution is 2.43. The first-order chi connectivity index (χ1) is 16.4. The number of sulfonamides is 1. The molecule has 1 amide bonds. The number of rotatable bonds is 4. The molecular weight excluding hydrogens is 471 g/mol. The summed E-state index contributed by atoms with van der Waals surface area (Å²) in [6.07, 6.45) is 0. The zero-order valence-electron chi connectivity index (χ0n) is 19.2. The average molecular weight is 495 g/mol. The molecule has 9 heteroatoms. The van der Waals surface area contributed by atoms with Crippen molar-refractivity contribution < 1.29 is 27.5 Å². The third-order valence-electron chi connectivity index (χ3n) is 5.99. The highest BCUT2D eigenvalue weighted by molar-refractivity contribution is 7.89. The highest BCUT2D eigenvalue weighted by Gasteiger charge is 2.47. The number of amides is 1. The zero-order valence-corrected chi connectivity index (χ0v) is 20.1. The van der Waals surface area contributed by atoms with E-state index in [-0.39, 0.29) is 21.9 Å². The van der Waals surface area contributed by atoms with Crippen molar-refractivity contribution in [3.8, 4) is 0 Å². The van der Waals surface area contributed by atoms with Gasteiger partial charge in [-0.2, -0.15) is 0 Å². The van der Waals surface area contributed by atoms with Crippen molar-refractivity contribution in [2.24, 2.45) is 5.14 Å². The Kier molecular flexibility index (Phi) is 6.08. The molecule has 1 aliphatic rings. The molecule has 0 spiro atoms. The van der Waals surface area contributed by atoms with Gasteiger partial charge in [-0.05, 0) is 73.9 Å². The van der Waals surface area contributed by atoms with Gasteiger partial charge >= 0.3 is 0 Å². The van der Waals surface area contributed by atoms with Crippen LogP contribution >= 0.6 is 0 Å². The second-order valence-electron chi connectivity index (χ2n) is 8.53. The van der Waals surface area contributed by atoms with Crippen LogP contribution in [0.15, 0.2) is 71.1 Å². The molecule has 1 saturated heterocycles. The first-order valence-corrected chi connectivity index (χ1v) is 12.2. The Bertz CT molecular complexity index is 1470. The normalized spacial score (nSPS) is 17.7. The Labute approximate surface area is 202 Å². The lowest BCUT2D eigenvalue weighted by Crippen LogP contribution is -2.29. The summed E-state index contributed by atoms with van der Waals surface area (Å²) < 4.78 is 37.0. The van der Waals surface area contributed by atoms with Gasteiger partial charge < -0.3 is 5.11 Å². The van der Waals surface area contributed by atoms with Crippen LogP contribution in [0, 0.1) is 26.6 Å². The van der Waals surface area contributed by atoms with Gasteiger partial charge in [0.15, 0.2) is 0 Å². The topological polar surface area (TPSA) is 118 Å². The van der Waals surface area contributed by atoms with Crippen LogP contribution in [0.1, 0.15) is 33.9 Å². The summed E-state index contributed by atoms with van der Waals surface area (Å²) in [4.78, 5) is 27.5. The van der Waals surface area contributed by atoms with Gasteiger partial charge in [0.1, 0.15) is 11.6 Å². The quantitative estimate of drug-likeness (QED) is 0.323. The molecule has 1 aliphatic heterocycles. The molecule has 1 heterocycles. The number of carbonyl (C=O) groups excluding carboxylic acids is 2. The molecule has 3 N–H and O–H groups in total. The number of aliphatic hydroxyl groups is 1. The van der Waals surface area contributed by atoms with Crippen LogP contribution in [0.2, 0.25) is 0 Å². The van der Waals surface area contributed by atoms with Gasteiger partial charge in [0.05, 0.1) is 16.5 Å². The number of benzene rings is 3. The molecule has 0 bridgehead atoms. The van der Waals surface area contributed by atoms with Crippen molar-refractivity contribution >= 4 is 33.2 Å². The van der Waals surface area contributed by atoms with Crippen molar-refractivity contribution in [2.75, 3.05) is 4.90 Å². The summed E-state index contributed by atoms with van der Waals surface area (Å²) in [7, 11) is -3.97. The predicted octanol–water partition coefficient (Wildman–Crippen LogP) is 4.02. The van der Waals surface area contributed by atoms with Gasteiger partial charge in [0.25, 0.3) is 11.7 Å². The van der Waals surface area contributed by atoms with E-state index in [9.17, 15) is 27.5 Å². The third kappa shape index (κ3) is 4.36. The summed E-state index contributed by atoms with van der Waals surface area (Å²) in [5.74, 6) is -2.66. The maximum Gasteiger partial charge on any atom is 0.300 e. The second-order valence-corrected chi connectivity index (χ2v) is 10.1. The standard InChI is InChI=1S/C26H23FN2O5S/c1-14-12-15(2)21(16(3)13-14)24(30)22-23(17-4-6-18(27)7-5-17)29(26(32)25(22)31)19-8-10-20(11-9-19)35(28,33)34/h4-13,23,30H,1-3H3,(H2,28,33,34)/t23-/m1/s1. The highest BCUT2D eigenvalue weighted by atomic mass is 32.2. The van der Waals surface area contributed by atoms with Crippen LogP contribution in [0.5, 0.6) is 0 Å². The van der Waals surface area contributed by atoms with Gasteiger partial charge in [0.2, 0.25) is 10.0 Å². The largest absolute Gasteiger partial charge is 0.507 e. The van der Waals surface area contributed by atoms with Crippen LogP contribution in [-0.2, 0) is 19.6 Å². The number of halogens is 1. The van der Waals surface area contributed by atoms with E-state index in [4.69, 9.17) is 5.14 Å². The van der Waals surface area contributed by atoms with Crippen molar-refractivity contribution in [2.45, 2.75) is 31.7 Å². The minimum atomic E-state index is -3.97. The van der Waals surface area contributed by atoms with Gasteiger partial charge in [-0.1, -0.05) is 29.8 Å². The molecule has 3 aromatic rings. The molecular formula is C26H23FN2O5S. The van der Waals surface area contributed by atoms with E-state index in [1.54, 1.807) is 13.8 Å². The minimum absolute atomic E-state index is 0.146. The molecule has 35 heavy (non-hydrogen) atoms. The van der Waals surface area contributed by atoms with E-state index in [0.717, 1.165) is 21.6 Å². The van der Waals surface area contributed by atoms with Crippen LogP contribution in [-0.4, -0.2) is 25.2 Å². The molecule has 0 unspecified atom stereocenters. The number of aryl methyl sites for hydroxylation is 3. The number of aliphatic hydroxyl groups excluding tert-OH is 1. The Hall–Kier alpha value is -3.82. The third-order valence-corrected chi connectivity index (χ3v) is 6.92. The zero-order chi connectivity index (χ0) is 25.7. The van der Waals surface area contributed by atoms with Crippen LogP contribution in [0.4, 0.5) is 10.1 Å². The van der Waals surface area contributed by atoms with E-state index in [1.165, 1.54) is 48.5 Å². The van der Waals surface area contributed by atoms with Gasteiger partial charge in [-0.3, -0.25) is 14.5 Å². The number of ketones is 1. The number of Topliss-reactive ketones (excluding diaryl/α,β-unsaturated/α-hetero) is 1. The summed E-state index contributed by atoms with van der Waals surface area (Å²) in [5.41, 5.74) is 3.32. The van der Waals surface area contributed by atoms with Crippen LogP contribution < -0.4 is 10.0 Å². The van der Waals surface area contributed by atoms with Gasteiger partial charge in [0, 0.05) is 11.3 Å². The second kappa shape index (κ2) is 8.75. The predicted molar refractivity (Wildman–Crippen MR) is 130 cm³/mol. The lowest BCUT2D eigenvalue weighted by molar-refractivity contribution is -0.132. The Balaban J connectivity index is 1.97. The molecule has 0 aromatic heterocycles. The smallest absolute Gasteiger partial charge is 0.300 e. The molecule has 0 saturated carbocycles. The first-order valence-electron chi connectivity index (χ1n) is 10.7. The molecule has 0 radical (unpaired) electrons. The number of carbonyl (C=O) groups is 2. The number of hydrogen-bond donors (Lipinski definition) is 2. The lowest BCUT2D eigenvalue weighted by atomic mass is 9.91. The van der Waals surface area contributed by atoms with Crippen molar-refractivity contribution in [1.82, 2.24) is 0 Å². The fraction of sp³-hybridized carbons (Fsp3) is 0.154. The lowest BCUT2D eigenvalue weighted by Gasteiger charge is -2.26. The van der Waals surface area contributed by atoms with Gasteiger partial charge in [-0.25, -0.2) is 17.9 Å². The number of primary sulfonamides is 1. The number of anilines is 1. The SMILES string of the molecule is Cc1cc(C)c(C(O)=C2C(=O)C(=O)N(c3ccc(S(N)(=O)=O)cc3)[C@@H]2c2ccc(F)cc2)c(C)c1. The van der Waals surface area contributed by atoms with E-state index in [1.807, 2.05) is 19.1 Å². The first kappa shape index (κ1) is 24.3. The summed E-state index contributed by atoms with van der Waals surface area (Å²) in [6.45, 7) is 5.50. The Morgan fingerprint density at radius 2 is 1.49 bits per heavy atom. The van der Waals surface area contributed by atoms with E-state index >= 15 is 0 Å². The number of nitrogens with zero attached hydrogens (tertiary/aromatic N) is 1. The van der Waals surface area contributed by atoms with Crippen LogP contribution in [0.25, 0.3) is 5.76 Å². The number of hydrogen-bond acceptors (Lipinski definition) is 5. The monoisotopic (exact) mass is 494 g/mol. The maximum atomic E-state index is 13.7. The van der Waals surface area contributed by atoms with E-state index in [0.29, 0.717) is 11.1 Å². The van der Waals surface area contributed by atoms with Crippen molar-refractivity contribution in [1.29, 1.82) is 0 Å². The van der Waals surface area contributed by atoms with Gasteiger partial charge in [-0.15, -0.1) is 0 Å². The fourth-order valence-electron chi connectivity index (χ4n) is 4.54. The van der Waals surface area contributed by atoms with E-state index < -0.39 is 33.6 Å². The van der Waals surface area contributed by atoms with Crippen molar-refractivity contribution in [3.63, 3.8) is 0 Å². The average Bonchev–Trinajstić information content (AvgIpc) is 3.03. The maximum absolute atomic E-state index is 13.7.